The Bertz CT molecular complexity index is 1160. The molecule has 0 aromatic heterocycles. The topological polar surface area (TPSA) is 30.9 Å². The molecule has 2 aliphatic rings. The minimum Gasteiger partial charge on any atom is -0.497 e. The van der Waals surface area contributed by atoms with Crippen molar-refractivity contribution in [3.05, 3.63) is 89.0 Å². The molecule has 2 atom stereocenters. The van der Waals surface area contributed by atoms with Crippen LogP contribution < -0.4 is 14.2 Å². The lowest BCUT2D eigenvalue weighted by molar-refractivity contribution is -0.137. The molecule has 0 amide bonds. The number of hydrogen-bond donors (Lipinski definition) is 0. The van der Waals surface area contributed by atoms with E-state index in [2.05, 4.69) is 4.90 Å². The van der Waals surface area contributed by atoms with E-state index >= 15 is 0 Å². The smallest absolute Gasteiger partial charge is 0.416 e. The van der Waals surface area contributed by atoms with E-state index in [1.807, 2.05) is 42.5 Å². The number of halogens is 3. The third-order valence-corrected chi connectivity index (χ3v) is 7.16. The summed E-state index contributed by atoms with van der Waals surface area (Å²) in [5.41, 5.74) is 2.19. The summed E-state index contributed by atoms with van der Waals surface area (Å²) in [5.74, 6) is 2.01. The molecule has 0 radical (unpaired) electrons. The number of fused-ring (bicyclic) bond motifs is 1. The molecular weight excluding hydrogens is 467 g/mol. The van der Waals surface area contributed by atoms with Crippen LogP contribution in [0.5, 0.6) is 17.2 Å². The van der Waals surface area contributed by atoms with Gasteiger partial charge in [-0.2, -0.15) is 13.2 Å². The largest absolute Gasteiger partial charge is 0.497 e. The molecule has 3 aromatic rings. The zero-order chi connectivity index (χ0) is 25.1. The number of hydrogen-bond acceptors (Lipinski definition) is 4. The van der Waals surface area contributed by atoms with Crippen LogP contribution >= 0.6 is 0 Å². The van der Waals surface area contributed by atoms with Gasteiger partial charge in [-0.1, -0.05) is 30.3 Å². The standard InChI is InChI=1S/C29H30F3NO3/c1-34-24-12-13-25-27(18-24)36-19-26(20-4-8-22(9-5-20)29(30,31)32)28(25)21-6-10-23(11-7-21)35-17-16-33-14-2-3-15-33/h4-13,18,26,28H,2-3,14-17,19H2,1H3/t26-,28-/m0/s1. The number of ether oxygens (including phenoxy) is 3. The maximum Gasteiger partial charge on any atom is 0.416 e. The average Bonchev–Trinajstić information content (AvgIpc) is 3.41. The predicted molar refractivity (Wildman–Crippen MR) is 132 cm³/mol. The van der Waals surface area contributed by atoms with Gasteiger partial charge >= 0.3 is 6.18 Å². The van der Waals surface area contributed by atoms with Crippen molar-refractivity contribution < 1.29 is 27.4 Å². The summed E-state index contributed by atoms with van der Waals surface area (Å²) in [4.78, 5) is 2.41. The number of likely N-dealkylation sites (tertiary alicyclic amines) is 1. The average molecular weight is 498 g/mol. The number of nitrogens with zero attached hydrogens (tertiary/aromatic N) is 1. The van der Waals surface area contributed by atoms with E-state index in [0.717, 1.165) is 60.0 Å². The lowest BCUT2D eigenvalue weighted by Crippen LogP contribution is -2.25. The SMILES string of the molecule is COc1ccc2c(c1)OC[C@@H](c1ccc(C(F)(F)F)cc1)[C@H]2c1ccc(OCCN2CCCC2)cc1. The second kappa shape index (κ2) is 10.4. The van der Waals surface area contributed by atoms with Crippen molar-refractivity contribution in [1.29, 1.82) is 0 Å². The Morgan fingerprint density at radius 3 is 2.22 bits per heavy atom. The summed E-state index contributed by atoms with van der Waals surface area (Å²) < 4.78 is 56.8. The van der Waals surface area contributed by atoms with Gasteiger partial charge in [0.15, 0.2) is 0 Å². The van der Waals surface area contributed by atoms with E-state index in [4.69, 9.17) is 14.2 Å². The second-order valence-corrected chi connectivity index (χ2v) is 9.38. The van der Waals surface area contributed by atoms with Crippen molar-refractivity contribution in [3.8, 4) is 17.2 Å². The van der Waals surface area contributed by atoms with Gasteiger partial charge in [0.2, 0.25) is 0 Å². The molecular formula is C29H30F3NO3. The van der Waals surface area contributed by atoms with Crippen molar-refractivity contribution >= 4 is 0 Å². The van der Waals surface area contributed by atoms with Gasteiger partial charge in [-0.05, 0) is 67.4 Å². The van der Waals surface area contributed by atoms with E-state index < -0.39 is 11.7 Å². The lowest BCUT2D eigenvalue weighted by Gasteiger charge is -2.35. The molecule has 1 saturated heterocycles. The first kappa shape index (κ1) is 24.5. The Balaban J connectivity index is 1.41. The molecule has 4 nitrogen and oxygen atoms in total. The summed E-state index contributed by atoms with van der Waals surface area (Å²) in [6, 6.07) is 19.2. The molecule has 0 spiro atoms. The van der Waals surface area contributed by atoms with Crippen LogP contribution in [0.2, 0.25) is 0 Å². The van der Waals surface area contributed by atoms with Crippen LogP contribution in [0.3, 0.4) is 0 Å². The van der Waals surface area contributed by atoms with Crippen LogP contribution in [-0.2, 0) is 6.18 Å². The van der Waals surface area contributed by atoms with Gasteiger partial charge in [0.25, 0.3) is 0 Å². The third-order valence-electron chi connectivity index (χ3n) is 7.16. The number of benzene rings is 3. The summed E-state index contributed by atoms with van der Waals surface area (Å²) in [6.45, 7) is 4.20. The van der Waals surface area contributed by atoms with Gasteiger partial charge in [-0.25, -0.2) is 0 Å². The van der Waals surface area contributed by atoms with Crippen LogP contribution in [0.1, 0.15) is 46.9 Å². The molecule has 0 unspecified atom stereocenters. The van der Waals surface area contributed by atoms with Gasteiger partial charge in [0.1, 0.15) is 23.9 Å². The minimum absolute atomic E-state index is 0.0879. The summed E-state index contributed by atoms with van der Waals surface area (Å²) in [7, 11) is 1.61. The van der Waals surface area contributed by atoms with Gasteiger partial charge in [0, 0.05) is 30.0 Å². The van der Waals surface area contributed by atoms with Crippen molar-refractivity contribution in [1.82, 2.24) is 4.90 Å². The Kier molecular flexibility index (Phi) is 7.10. The van der Waals surface area contributed by atoms with Crippen LogP contribution in [0.4, 0.5) is 13.2 Å². The van der Waals surface area contributed by atoms with Crippen LogP contribution in [0.15, 0.2) is 66.7 Å². The van der Waals surface area contributed by atoms with E-state index in [1.165, 1.54) is 12.8 Å². The normalized spacial score (nSPS) is 20.0. The fourth-order valence-electron chi connectivity index (χ4n) is 5.21. The zero-order valence-corrected chi connectivity index (χ0v) is 20.3. The number of rotatable bonds is 7. The predicted octanol–water partition coefficient (Wildman–Crippen LogP) is 6.50. The molecule has 3 aromatic carbocycles. The maximum absolute atomic E-state index is 13.1. The molecule has 2 aliphatic heterocycles. The molecule has 0 saturated carbocycles. The fourth-order valence-corrected chi connectivity index (χ4v) is 5.21. The molecule has 2 heterocycles. The first-order chi connectivity index (χ1) is 17.4. The zero-order valence-electron chi connectivity index (χ0n) is 20.3. The first-order valence-corrected chi connectivity index (χ1v) is 12.4. The van der Waals surface area contributed by atoms with Crippen molar-refractivity contribution in [3.63, 3.8) is 0 Å². The Morgan fingerprint density at radius 2 is 1.56 bits per heavy atom. The molecule has 36 heavy (non-hydrogen) atoms. The minimum atomic E-state index is -4.37. The van der Waals surface area contributed by atoms with Gasteiger partial charge in [0.05, 0.1) is 19.3 Å². The van der Waals surface area contributed by atoms with Crippen LogP contribution in [0.25, 0.3) is 0 Å². The Morgan fingerprint density at radius 1 is 0.889 bits per heavy atom. The van der Waals surface area contributed by atoms with E-state index in [9.17, 15) is 13.2 Å². The van der Waals surface area contributed by atoms with E-state index in [-0.39, 0.29) is 11.8 Å². The molecule has 1 fully saturated rings. The maximum atomic E-state index is 13.1. The Labute approximate surface area is 209 Å². The van der Waals surface area contributed by atoms with E-state index in [0.29, 0.717) is 19.0 Å². The summed E-state index contributed by atoms with van der Waals surface area (Å²) in [5, 5.41) is 0. The first-order valence-electron chi connectivity index (χ1n) is 12.4. The second-order valence-electron chi connectivity index (χ2n) is 9.38. The van der Waals surface area contributed by atoms with Crippen molar-refractivity contribution in [2.24, 2.45) is 0 Å². The molecule has 0 N–H and O–H groups in total. The monoisotopic (exact) mass is 497 g/mol. The quantitative estimate of drug-likeness (QED) is 0.373. The van der Waals surface area contributed by atoms with Crippen molar-refractivity contribution in [2.45, 2.75) is 30.9 Å². The highest BCUT2D eigenvalue weighted by Gasteiger charge is 2.35. The van der Waals surface area contributed by atoms with Crippen LogP contribution in [-0.4, -0.2) is 44.9 Å². The highest BCUT2D eigenvalue weighted by molar-refractivity contribution is 5.51. The molecule has 190 valence electrons. The lowest BCUT2D eigenvalue weighted by atomic mass is 9.75. The van der Waals surface area contributed by atoms with Gasteiger partial charge < -0.3 is 14.2 Å². The summed E-state index contributed by atoms with van der Waals surface area (Å²) >= 11 is 0. The van der Waals surface area contributed by atoms with E-state index in [1.54, 1.807) is 19.2 Å². The molecule has 5 rings (SSSR count). The highest BCUT2D eigenvalue weighted by Crippen LogP contribution is 2.47. The number of alkyl halides is 3. The van der Waals surface area contributed by atoms with Crippen molar-refractivity contribution in [2.75, 3.05) is 40.0 Å². The number of methoxy groups -OCH3 is 1. The molecule has 0 aliphatic carbocycles. The Hall–Kier alpha value is -3.19. The highest BCUT2D eigenvalue weighted by atomic mass is 19.4. The van der Waals surface area contributed by atoms with Gasteiger partial charge in [-0.3, -0.25) is 4.90 Å². The van der Waals surface area contributed by atoms with Gasteiger partial charge in [-0.15, -0.1) is 0 Å². The molecule has 7 heteroatoms. The van der Waals surface area contributed by atoms with Crippen LogP contribution in [0, 0.1) is 0 Å². The summed E-state index contributed by atoms with van der Waals surface area (Å²) in [6.07, 6.45) is -1.85. The molecule has 0 bridgehead atoms. The third kappa shape index (κ3) is 5.31. The fraction of sp³-hybridized carbons (Fsp3) is 0.379.